The molecule has 4 rings (SSSR count). The molecule has 0 saturated carbocycles. The fourth-order valence-corrected chi connectivity index (χ4v) is 4.81. The molecule has 2 atom stereocenters. The first-order valence-electron chi connectivity index (χ1n) is 9.72. The number of para-hydroxylation sites is 1. The number of hydrogen-bond donors (Lipinski definition) is 1. The van der Waals surface area contributed by atoms with Gasteiger partial charge in [-0.25, -0.2) is 0 Å². The van der Waals surface area contributed by atoms with E-state index in [1.807, 2.05) is 30.3 Å². The van der Waals surface area contributed by atoms with Gasteiger partial charge in [0.25, 0.3) is 0 Å². The lowest BCUT2D eigenvalue weighted by Gasteiger charge is -2.34. The lowest BCUT2D eigenvalue weighted by atomic mass is 9.80. The molecule has 132 valence electrons. The Morgan fingerprint density at radius 3 is 2.44 bits per heavy atom. The third-order valence-electron chi connectivity index (χ3n) is 6.03. The van der Waals surface area contributed by atoms with Crippen LogP contribution in [0.2, 0.25) is 0 Å². The van der Waals surface area contributed by atoms with Crippen LogP contribution in [-0.4, -0.2) is 24.9 Å². The largest absolute Gasteiger partial charge is 0.306 e. The number of rotatable bonds is 3. The number of allylic oxidation sites excluding steroid dienone is 2. The van der Waals surface area contributed by atoms with E-state index >= 15 is 0 Å². The molecule has 2 heterocycles. The van der Waals surface area contributed by atoms with Crippen LogP contribution < -0.4 is 9.80 Å². The van der Waals surface area contributed by atoms with Gasteiger partial charge in [0, 0.05) is 12.3 Å². The molecule has 4 nitrogen and oxygen atoms in total. The van der Waals surface area contributed by atoms with Crippen molar-refractivity contribution in [1.82, 2.24) is 0 Å². The number of benzene rings is 1. The Morgan fingerprint density at radius 2 is 1.68 bits per heavy atom. The summed E-state index contributed by atoms with van der Waals surface area (Å²) in [6, 6.07) is 9.38. The summed E-state index contributed by atoms with van der Waals surface area (Å²) >= 11 is 0. The fraction of sp³-hybridized carbons (Fsp3) is 0.524. The molecule has 0 radical (unpaired) electrons. The Balaban J connectivity index is 1.58. The van der Waals surface area contributed by atoms with Crippen molar-refractivity contribution in [3.05, 3.63) is 42.1 Å². The minimum Gasteiger partial charge on any atom is -0.306 e. The molecule has 2 amide bonds. The number of nitrogens with one attached hydrogen (secondary N) is 1. The van der Waals surface area contributed by atoms with Crippen LogP contribution in [0.15, 0.2) is 42.1 Å². The molecule has 2 aliphatic heterocycles. The fourth-order valence-electron chi connectivity index (χ4n) is 4.81. The van der Waals surface area contributed by atoms with Crippen molar-refractivity contribution < 1.29 is 14.5 Å². The molecule has 1 aliphatic carbocycles. The lowest BCUT2D eigenvalue weighted by Crippen LogP contribution is -3.11. The zero-order chi connectivity index (χ0) is 17.2. The first-order chi connectivity index (χ1) is 12.3. The van der Waals surface area contributed by atoms with Crippen LogP contribution in [0.4, 0.5) is 5.69 Å². The highest BCUT2D eigenvalue weighted by molar-refractivity contribution is 6.21. The summed E-state index contributed by atoms with van der Waals surface area (Å²) in [4.78, 5) is 28.7. The number of quaternary nitrogens is 1. The van der Waals surface area contributed by atoms with Crippen molar-refractivity contribution >= 4 is 17.5 Å². The van der Waals surface area contributed by atoms with Crippen molar-refractivity contribution in [3.63, 3.8) is 0 Å². The van der Waals surface area contributed by atoms with E-state index in [1.54, 1.807) is 4.90 Å². The highest BCUT2D eigenvalue weighted by Crippen LogP contribution is 2.37. The Morgan fingerprint density at radius 1 is 0.920 bits per heavy atom. The monoisotopic (exact) mass is 339 g/mol. The van der Waals surface area contributed by atoms with Gasteiger partial charge in [0.1, 0.15) is 5.70 Å². The summed E-state index contributed by atoms with van der Waals surface area (Å²) in [6.45, 7) is 2.36. The molecule has 2 fully saturated rings. The Hall–Kier alpha value is -1.94. The van der Waals surface area contributed by atoms with Gasteiger partial charge < -0.3 is 4.90 Å². The summed E-state index contributed by atoms with van der Waals surface area (Å²) < 4.78 is 0. The number of piperidine rings is 1. The zero-order valence-electron chi connectivity index (χ0n) is 14.7. The minimum absolute atomic E-state index is 0.00501. The van der Waals surface area contributed by atoms with Crippen molar-refractivity contribution in [2.24, 2.45) is 11.8 Å². The van der Waals surface area contributed by atoms with Gasteiger partial charge in [0.15, 0.2) is 0 Å². The second kappa shape index (κ2) is 7.12. The van der Waals surface area contributed by atoms with E-state index < -0.39 is 0 Å². The molecule has 0 bridgehead atoms. The van der Waals surface area contributed by atoms with Gasteiger partial charge in [-0.3, -0.25) is 14.5 Å². The van der Waals surface area contributed by atoms with Gasteiger partial charge in [-0.15, -0.1) is 0 Å². The maximum atomic E-state index is 13.1. The van der Waals surface area contributed by atoms with Gasteiger partial charge in [-0.2, -0.15) is 0 Å². The predicted molar refractivity (Wildman–Crippen MR) is 97.0 cm³/mol. The number of nitrogens with zero attached hydrogens (tertiary/aromatic N) is 1. The topological polar surface area (TPSA) is 41.8 Å². The molecule has 2 saturated heterocycles. The van der Waals surface area contributed by atoms with Crippen LogP contribution in [0.1, 0.15) is 44.9 Å². The maximum Gasteiger partial charge on any atom is 0.238 e. The van der Waals surface area contributed by atoms with E-state index in [2.05, 4.69) is 6.08 Å². The quantitative estimate of drug-likeness (QED) is 0.859. The Bertz CT molecular complexity index is 676. The van der Waals surface area contributed by atoms with E-state index in [-0.39, 0.29) is 23.7 Å². The average molecular weight is 339 g/mol. The van der Waals surface area contributed by atoms with Crippen LogP contribution in [-0.2, 0) is 9.59 Å². The van der Waals surface area contributed by atoms with E-state index in [0.717, 1.165) is 19.3 Å². The zero-order valence-corrected chi connectivity index (χ0v) is 14.7. The van der Waals surface area contributed by atoms with Crippen LogP contribution >= 0.6 is 0 Å². The SMILES string of the molecule is O=C1C[C@@H]([C@H]2CCCC=C2[NH+]2CCCCC2)C(=O)N1c1ccccc1. The Kier molecular flexibility index (Phi) is 4.71. The molecule has 3 aliphatic rings. The molecule has 25 heavy (non-hydrogen) atoms. The van der Waals surface area contributed by atoms with E-state index in [0.29, 0.717) is 12.1 Å². The number of hydrogen-bond acceptors (Lipinski definition) is 2. The van der Waals surface area contributed by atoms with Crippen molar-refractivity contribution in [2.45, 2.75) is 44.9 Å². The van der Waals surface area contributed by atoms with Crippen molar-refractivity contribution in [2.75, 3.05) is 18.0 Å². The molecule has 4 heteroatoms. The first kappa shape index (κ1) is 16.5. The molecule has 0 unspecified atom stereocenters. The van der Waals surface area contributed by atoms with Crippen LogP contribution in [0.3, 0.4) is 0 Å². The molecule has 1 aromatic rings. The molecule has 1 aromatic carbocycles. The minimum atomic E-state index is -0.173. The number of amides is 2. The third kappa shape index (κ3) is 3.15. The summed E-state index contributed by atoms with van der Waals surface area (Å²) in [5.41, 5.74) is 2.14. The average Bonchev–Trinajstić information content (AvgIpc) is 2.97. The Labute approximate surface area is 149 Å². The predicted octanol–water partition coefficient (Wildman–Crippen LogP) is 2.32. The summed E-state index contributed by atoms with van der Waals surface area (Å²) in [5, 5.41) is 0. The summed E-state index contributed by atoms with van der Waals surface area (Å²) in [5.74, 6) is 0.0332. The summed E-state index contributed by atoms with van der Waals surface area (Å²) in [6.07, 6.45) is 9.89. The van der Waals surface area contributed by atoms with Gasteiger partial charge in [0.2, 0.25) is 11.8 Å². The highest BCUT2D eigenvalue weighted by atomic mass is 16.2. The van der Waals surface area contributed by atoms with Gasteiger partial charge >= 0.3 is 0 Å². The number of carbonyl (C=O) groups is 2. The second-order valence-corrected chi connectivity index (χ2v) is 7.57. The van der Waals surface area contributed by atoms with Crippen LogP contribution in [0, 0.1) is 11.8 Å². The van der Waals surface area contributed by atoms with E-state index in [4.69, 9.17) is 0 Å². The number of likely N-dealkylation sites (tertiary alicyclic amines) is 1. The van der Waals surface area contributed by atoms with Gasteiger partial charge in [-0.1, -0.05) is 18.2 Å². The normalized spacial score (nSPS) is 28.3. The number of carbonyl (C=O) groups excluding carboxylic acids is 2. The smallest absolute Gasteiger partial charge is 0.238 e. The van der Waals surface area contributed by atoms with Gasteiger partial charge in [-0.05, 0) is 56.7 Å². The molecular weight excluding hydrogens is 312 g/mol. The molecule has 0 aromatic heterocycles. The highest BCUT2D eigenvalue weighted by Gasteiger charge is 2.47. The van der Waals surface area contributed by atoms with Gasteiger partial charge in [0.05, 0.1) is 24.7 Å². The molecule has 0 spiro atoms. The standard InChI is InChI=1S/C21H26N2O2/c24-20-15-18(21(25)23(20)16-9-3-1-4-10-16)17-11-5-6-12-19(17)22-13-7-2-8-14-22/h1,3-4,9-10,12,17-18H,2,5-8,11,13-15H2/p+1/t17-,18+/m1/s1. The van der Waals surface area contributed by atoms with Crippen molar-refractivity contribution in [3.8, 4) is 0 Å². The lowest BCUT2D eigenvalue weighted by molar-refractivity contribution is -0.870. The van der Waals surface area contributed by atoms with Crippen LogP contribution in [0.5, 0.6) is 0 Å². The third-order valence-corrected chi connectivity index (χ3v) is 6.03. The molecule has 1 N–H and O–H groups in total. The van der Waals surface area contributed by atoms with Crippen LogP contribution in [0.25, 0.3) is 0 Å². The second-order valence-electron chi connectivity index (χ2n) is 7.57. The van der Waals surface area contributed by atoms with E-state index in [1.165, 1.54) is 42.9 Å². The van der Waals surface area contributed by atoms with Crippen molar-refractivity contribution in [1.29, 1.82) is 0 Å². The molecular formula is C21H27N2O2+. The first-order valence-corrected chi connectivity index (χ1v) is 9.72. The van der Waals surface area contributed by atoms with E-state index in [9.17, 15) is 9.59 Å². The summed E-state index contributed by atoms with van der Waals surface area (Å²) in [7, 11) is 0. The number of anilines is 1. The number of imide groups is 1. The maximum absolute atomic E-state index is 13.1.